The molecule has 0 spiro atoms. The van der Waals surface area contributed by atoms with Crippen LogP contribution in [0.5, 0.6) is 0 Å². The third-order valence-corrected chi connectivity index (χ3v) is 1.000. The molecule has 52 valence electrons. The highest BCUT2D eigenvalue weighted by atomic mass is 14.0. The van der Waals surface area contributed by atoms with E-state index in [9.17, 15) is 0 Å². The molecule has 1 rings (SSSR count). The molecule has 0 unspecified atom stereocenters. The lowest BCUT2D eigenvalue weighted by Crippen LogP contribution is -1.85. The summed E-state index contributed by atoms with van der Waals surface area (Å²) < 4.78 is 0. The highest BCUT2D eigenvalue weighted by Crippen LogP contribution is 2.15. The lowest BCUT2D eigenvalue weighted by Gasteiger charge is -2.05. The van der Waals surface area contributed by atoms with Gasteiger partial charge in [0.1, 0.15) is 0 Å². The minimum absolute atomic E-state index is 0. The third-order valence-electron chi connectivity index (χ3n) is 1.000. The molecule has 0 aliphatic heterocycles. The molecule has 0 bridgehead atoms. The minimum Gasteiger partial charge on any atom is -0.344 e. The predicted molar refractivity (Wildman–Crippen MR) is 39.8 cm³/mol. The maximum absolute atomic E-state index is 3.00. The fourth-order valence-electron chi connectivity index (χ4n) is 0.250. The van der Waals surface area contributed by atoms with E-state index in [4.69, 9.17) is 0 Å². The SMILES string of the molecule is C1CCC1.C=C.N.N. The third kappa shape index (κ3) is 9.18. The molecule has 2 heteroatoms. The zero-order chi connectivity index (χ0) is 4.83. The standard InChI is InChI=1S/C4H8.C2H4.2H3N/c1-2-4-3-1;1-2;;/h1-4H2;1-2H2;2*1H3. The second-order valence-electron chi connectivity index (χ2n) is 1.41. The quantitative estimate of drug-likeness (QED) is 0.480. The molecule has 1 aliphatic carbocycles. The smallest absolute Gasteiger partial charge is 0.0533 e. The Morgan fingerprint density at radius 2 is 0.750 bits per heavy atom. The van der Waals surface area contributed by atoms with Crippen molar-refractivity contribution in [2.24, 2.45) is 0 Å². The van der Waals surface area contributed by atoms with Crippen LogP contribution in [0.2, 0.25) is 0 Å². The van der Waals surface area contributed by atoms with E-state index < -0.39 is 0 Å². The van der Waals surface area contributed by atoms with Gasteiger partial charge in [-0.05, 0) is 0 Å². The average Bonchev–Trinajstić information content (AvgIpc) is 1.36. The van der Waals surface area contributed by atoms with Crippen LogP contribution in [0.1, 0.15) is 25.7 Å². The largest absolute Gasteiger partial charge is 0.344 e. The van der Waals surface area contributed by atoms with E-state index >= 15 is 0 Å². The molecule has 0 aromatic carbocycles. The highest BCUT2D eigenvalue weighted by molar-refractivity contribution is 4.50. The van der Waals surface area contributed by atoms with Crippen molar-refractivity contribution in [3.05, 3.63) is 13.2 Å². The van der Waals surface area contributed by atoms with Crippen LogP contribution < -0.4 is 12.3 Å². The summed E-state index contributed by atoms with van der Waals surface area (Å²) in [7, 11) is 0. The van der Waals surface area contributed by atoms with Gasteiger partial charge < -0.3 is 12.3 Å². The first-order chi connectivity index (χ1) is 3.00. The summed E-state index contributed by atoms with van der Waals surface area (Å²) >= 11 is 0. The van der Waals surface area contributed by atoms with Crippen LogP contribution >= 0.6 is 0 Å². The lowest BCUT2D eigenvalue weighted by atomic mass is 10.0. The van der Waals surface area contributed by atoms with Crippen LogP contribution in [0.3, 0.4) is 0 Å². The summed E-state index contributed by atoms with van der Waals surface area (Å²) in [4.78, 5) is 0. The van der Waals surface area contributed by atoms with Crippen molar-refractivity contribution in [3.63, 3.8) is 0 Å². The molecule has 1 fully saturated rings. The van der Waals surface area contributed by atoms with Crippen molar-refractivity contribution in [2.75, 3.05) is 0 Å². The maximum atomic E-state index is 3.00. The minimum atomic E-state index is 0. The van der Waals surface area contributed by atoms with Crippen molar-refractivity contribution in [1.29, 1.82) is 0 Å². The normalized spacial score (nSPS) is 12.5. The molecule has 1 aliphatic rings. The summed E-state index contributed by atoms with van der Waals surface area (Å²) in [6.07, 6.45) is 6.00. The van der Waals surface area contributed by atoms with Crippen LogP contribution in [-0.4, -0.2) is 0 Å². The monoisotopic (exact) mass is 118 g/mol. The first-order valence-electron chi connectivity index (χ1n) is 2.50. The fourth-order valence-corrected chi connectivity index (χ4v) is 0.250. The Morgan fingerprint density at radius 1 is 0.625 bits per heavy atom. The van der Waals surface area contributed by atoms with Gasteiger partial charge in [-0.25, -0.2) is 0 Å². The summed E-state index contributed by atoms with van der Waals surface area (Å²) in [6, 6.07) is 0. The summed E-state index contributed by atoms with van der Waals surface area (Å²) in [5.74, 6) is 0. The number of hydrogen-bond acceptors (Lipinski definition) is 2. The lowest BCUT2D eigenvalue weighted by molar-refractivity contribution is 0.504. The summed E-state index contributed by atoms with van der Waals surface area (Å²) in [5, 5.41) is 0. The molecule has 6 N–H and O–H groups in total. The Kier molecular flexibility index (Phi) is 31.2. The Balaban J connectivity index is -0.0000000583. The van der Waals surface area contributed by atoms with E-state index in [1.807, 2.05) is 0 Å². The maximum Gasteiger partial charge on any atom is -0.0533 e. The average molecular weight is 118 g/mol. The van der Waals surface area contributed by atoms with Gasteiger partial charge in [-0.2, -0.15) is 0 Å². The Bertz CT molecular complexity index is 21.7. The van der Waals surface area contributed by atoms with Gasteiger partial charge in [-0.3, -0.25) is 0 Å². The number of rotatable bonds is 0. The van der Waals surface area contributed by atoms with E-state index in [0.29, 0.717) is 0 Å². The number of hydrogen-bond donors (Lipinski definition) is 2. The Morgan fingerprint density at radius 3 is 0.750 bits per heavy atom. The van der Waals surface area contributed by atoms with E-state index in [1.54, 1.807) is 0 Å². The molecular weight excluding hydrogens is 100 g/mol. The zero-order valence-corrected chi connectivity index (χ0v) is 5.66. The first-order valence-corrected chi connectivity index (χ1v) is 2.50. The van der Waals surface area contributed by atoms with Gasteiger partial charge in [0.2, 0.25) is 0 Å². The van der Waals surface area contributed by atoms with Gasteiger partial charge in [0, 0.05) is 0 Å². The van der Waals surface area contributed by atoms with Crippen molar-refractivity contribution in [2.45, 2.75) is 25.7 Å². The molecule has 0 radical (unpaired) electrons. The molecule has 0 aromatic heterocycles. The molecule has 1 saturated carbocycles. The summed E-state index contributed by atoms with van der Waals surface area (Å²) in [5.41, 5.74) is 0. The van der Waals surface area contributed by atoms with Gasteiger partial charge in [0.15, 0.2) is 0 Å². The molecule has 2 nitrogen and oxygen atoms in total. The van der Waals surface area contributed by atoms with E-state index in [2.05, 4.69) is 13.2 Å². The molecule has 0 atom stereocenters. The van der Waals surface area contributed by atoms with Crippen LogP contribution in [0.25, 0.3) is 0 Å². The van der Waals surface area contributed by atoms with Crippen LogP contribution in [0.15, 0.2) is 13.2 Å². The Labute approximate surface area is 52.1 Å². The van der Waals surface area contributed by atoms with Gasteiger partial charge in [-0.1, -0.05) is 25.7 Å². The van der Waals surface area contributed by atoms with Crippen LogP contribution in [0, 0.1) is 0 Å². The van der Waals surface area contributed by atoms with Crippen molar-refractivity contribution >= 4 is 0 Å². The fraction of sp³-hybridized carbons (Fsp3) is 0.667. The van der Waals surface area contributed by atoms with Crippen molar-refractivity contribution in [1.82, 2.24) is 12.3 Å². The molecule has 8 heavy (non-hydrogen) atoms. The topological polar surface area (TPSA) is 70.0 Å². The first kappa shape index (κ1) is 15.6. The molecular formula is C6H18N2. The van der Waals surface area contributed by atoms with Crippen molar-refractivity contribution in [3.8, 4) is 0 Å². The van der Waals surface area contributed by atoms with Crippen LogP contribution in [-0.2, 0) is 0 Å². The van der Waals surface area contributed by atoms with Gasteiger partial charge in [-0.15, -0.1) is 13.2 Å². The zero-order valence-electron chi connectivity index (χ0n) is 5.66. The Hall–Kier alpha value is -0.340. The van der Waals surface area contributed by atoms with Gasteiger partial charge in [0.05, 0.1) is 0 Å². The highest BCUT2D eigenvalue weighted by Gasteiger charge is 1.95. The van der Waals surface area contributed by atoms with E-state index in [0.717, 1.165) is 0 Å². The molecule has 0 amide bonds. The second-order valence-corrected chi connectivity index (χ2v) is 1.41. The van der Waals surface area contributed by atoms with E-state index in [1.165, 1.54) is 25.7 Å². The summed E-state index contributed by atoms with van der Waals surface area (Å²) in [6.45, 7) is 6.00. The van der Waals surface area contributed by atoms with Gasteiger partial charge >= 0.3 is 0 Å². The molecule has 0 aromatic rings. The predicted octanol–water partition coefficient (Wildman–Crippen LogP) is 2.69. The van der Waals surface area contributed by atoms with Crippen molar-refractivity contribution < 1.29 is 0 Å². The van der Waals surface area contributed by atoms with Crippen LogP contribution in [0.4, 0.5) is 0 Å². The van der Waals surface area contributed by atoms with Gasteiger partial charge in [0.25, 0.3) is 0 Å². The molecule has 0 heterocycles. The molecule has 0 saturated heterocycles. The second kappa shape index (κ2) is 15.9. The van der Waals surface area contributed by atoms with E-state index in [-0.39, 0.29) is 12.3 Å².